The van der Waals surface area contributed by atoms with Gasteiger partial charge in [0.15, 0.2) is 5.82 Å². The number of H-pyrrole nitrogens is 1. The number of nitrogens with one attached hydrogen (secondary N) is 1. The Kier molecular flexibility index (Phi) is 5.14. The van der Waals surface area contributed by atoms with Crippen LogP contribution in [0.2, 0.25) is 0 Å². The summed E-state index contributed by atoms with van der Waals surface area (Å²) in [6.07, 6.45) is 1.30. The number of halogens is 1. The maximum Gasteiger partial charge on any atom is 0.325 e. The summed E-state index contributed by atoms with van der Waals surface area (Å²) >= 11 is 3.15. The van der Waals surface area contributed by atoms with Crippen LogP contribution in [0.1, 0.15) is 13.8 Å². The van der Waals surface area contributed by atoms with E-state index in [1.165, 1.54) is 6.33 Å². The first-order valence-corrected chi connectivity index (χ1v) is 6.03. The zero-order chi connectivity index (χ0) is 12.8. The lowest BCUT2D eigenvalue weighted by atomic mass is 10.4. The third-order valence-electron chi connectivity index (χ3n) is 2.08. The number of hydrogen-bond donors (Lipinski definition) is 1. The molecule has 0 aromatic carbocycles. The van der Waals surface area contributed by atoms with Crippen LogP contribution in [-0.4, -0.2) is 35.6 Å². The zero-order valence-corrected chi connectivity index (χ0v) is 11.3. The molecule has 7 heteroatoms. The molecule has 0 spiro atoms. The number of aromatic amines is 1. The fraction of sp³-hybridized carbons (Fsp3) is 0.500. The van der Waals surface area contributed by atoms with Gasteiger partial charge in [-0.1, -0.05) is 0 Å². The Hall–Kier alpha value is -1.37. The van der Waals surface area contributed by atoms with Gasteiger partial charge in [0.1, 0.15) is 11.0 Å². The van der Waals surface area contributed by atoms with Crippen molar-refractivity contribution in [2.24, 2.45) is 0 Å². The van der Waals surface area contributed by atoms with Crippen LogP contribution in [0.5, 0.6) is 0 Å². The number of nitrogens with zero attached hydrogens (tertiary/aromatic N) is 2. The summed E-state index contributed by atoms with van der Waals surface area (Å²) in [6.45, 7) is 4.57. The highest BCUT2D eigenvalue weighted by Crippen LogP contribution is 2.18. The third kappa shape index (κ3) is 3.55. The molecule has 0 aliphatic heterocycles. The number of rotatable bonds is 5. The normalized spacial score (nSPS) is 10.1. The van der Waals surface area contributed by atoms with E-state index in [1.54, 1.807) is 11.8 Å². The maximum absolute atomic E-state index is 11.4. The van der Waals surface area contributed by atoms with Crippen molar-refractivity contribution in [2.45, 2.75) is 13.8 Å². The van der Waals surface area contributed by atoms with Crippen LogP contribution in [0.15, 0.2) is 15.6 Å². The Balaban J connectivity index is 2.90. The molecule has 0 amide bonds. The van der Waals surface area contributed by atoms with Crippen LogP contribution in [0.4, 0.5) is 5.82 Å². The van der Waals surface area contributed by atoms with Gasteiger partial charge in [0, 0.05) is 6.54 Å². The molecule has 0 saturated carbocycles. The van der Waals surface area contributed by atoms with E-state index in [1.807, 2.05) is 6.92 Å². The monoisotopic (exact) mass is 303 g/mol. The van der Waals surface area contributed by atoms with Crippen molar-refractivity contribution in [2.75, 3.05) is 24.6 Å². The largest absolute Gasteiger partial charge is 0.465 e. The minimum absolute atomic E-state index is 0.0688. The fourth-order valence-corrected chi connectivity index (χ4v) is 1.76. The predicted molar refractivity (Wildman–Crippen MR) is 67.1 cm³/mol. The summed E-state index contributed by atoms with van der Waals surface area (Å²) in [7, 11) is 0. The molecule has 1 aromatic heterocycles. The highest BCUT2D eigenvalue weighted by molar-refractivity contribution is 9.10. The lowest BCUT2D eigenvalue weighted by Crippen LogP contribution is -2.33. The number of carbonyl (C=O) groups excluding carboxylic acids is 1. The van der Waals surface area contributed by atoms with Gasteiger partial charge in [-0.15, -0.1) is 0 Å². The number of carbonyl (C=O) groups is 1. The van der Waals surface area contributed by atoms with E-state index in [9.17, 15) is 9.59 Å². The van der Waals surface area contributed by atoms with Crippen LogP contribution < -0.4 is 10.5 Å². The zero-order valence-electron chi connectivity index (χ0n) is 9.70. The Morgan fingerprint density at radius 3 is 2.88 bits per heavy atom. The summed E-state index contributed by atoms with van der Waals surface area (Å²) in [4.78, 5) is 30.9. The summed E-state index contributed by atoms with van der Waals surface area (Å²) in [6, 6.07) is 0. The number of aromatic nitrogens is 2. The minimum atomic E-state index is -0.344. The van der Waals surface area contributed by atoms with E-state index in [0.717, 1.165) is 0 Å². The van der Waals surface area contributed by atoms with Gasteiger partial charge in [0.05, 0.1) is 12.9 Å². The first kappa shape index (κ1) is 13.7. The second-order valence-corrected chi connectivity index (χ2v) is 3.98. The smallest absolute Gasteiger partial charge is 0.325 e. The van der Waals surface area contributed by atoms with Crippen molar-refractivity contribution < 1.29 is 9.53 Å². The van der Waals surface area contributed by atoms with Crippen LogP contribution in [-0.2, 0) is 9.53 Å². The van der Waals surface area contributed by atoms with Gasteiger partial charge in [-0.05, 0) is 29.8 Å². The number of esters is 1. The van der Waals surface area contributed by atoms with Gasteiger partial charge in [-0.25, -0.2) is 4.98 Å². The van der Waals surface area contributed by atoms with E-state index < -0.39 is 0 Å². The quantitative estimate of drug-likeness (QED) is 0.819. The second kappa shape index (κ2) is 6.39. The van der Waals surface area contributed by atoms with Crippen LogP contribution >= 0.6 is 15.9 Å². The van der Waals surface area contributed by atoms with Crippen molar-refractivity contribution in [3.05, 3.63) is 21.2 Å². The molecule has 0 atom stereocenters. The molecule has 0 aliphatic carbocycles. The van der Waals surface area contributed by atoms with Gasteiger partial charge >= 0.3 is 5.97 Å². The van der Waals surface area contributed by atoms with Crippen LogP contribution in [0.25, 0.3) is 0 Å². The van der Waals surface area contributed by atoms with Crippen molar-refractivity contribution in [1.82, 2.24) is 9.97 Å². The average Bonchev–Trinajstić information content (AvgIpc) is 2.30. The van der Waals surface area contributed by atoms with E-state index in [2.05, 4.69) is 25.9 Å². The molecule has 0 bridgehead atoms. The standard InChI is InChI=1S/C10H14BrN3O3/c1-3-14(5-7(15)17-4-2)9-8(11)10(16)13-6-12-9/h6H,3-5H2,1-2H3,(H,12,13,16). The highest BCUT2D eigenvalue weighted by Gasteiger charge is 2.16. The molecule has 1 heterocycles. The molecule has 0 unspecified atom stereocenters. The lowest BCUT2D eigenvalue weighted by molar-refractivity contribution is -0.141. The number of anilines is 1. The van der Waals surface area contributed by atoms with Crippen molar-refractivity contribution in [3.8, 4) is 0 Å². The Morgan fingerprint density at radius 1 is 1.59 bits per heavy atom. The van der Waals surface area contributed by atoms with E-state index in [-0.39, 0.29) is 18.1 Å². The number of ether oxygens (including phenoxy) is 1. The lowest BCUT2D eigenvalue weighted by Gasteiger charge is -2.21. The molecule has 94 valence electrons. The molecule has 1 aromatic rings. The molecular weight excluding hydrogens is 290 g/mol. The fourth-order valence-electron chi connectivity index (χ4n) is 1.29. The van der Waals surface area contributed by atoms with E-state index in [4.69, 9.17) is 4.74 Å². The van der Waals surface area contributed by atoms with Gasteiger partial charge in [-0.2, -0.15) is 0 Å². The SMILES string of the molecule is CCOC(=O)CN(CC)c1nc[nH]c(=O)c1Br. The number of hydrogen-bond acceptors (Lipinski definition) is 5. The molecular formula is C10H14BrN3O3. The molecule has 0 aliphatic rings. The Morgan fingerprint density at radius 2 is 2.29 bits per heavy atom. The molecule has 17 heavy (non-hydrogen) atoms. The third-order valence-corrected chi connectivity index (χ3v) is 2.80. The molecule has 0 fully saturated rings. The van der Waals surface area contributed by atoms with Crippen LogP contribution in [0, 0.1) is 0 Å². The topological polar surface area (TPSA) is 75.3 Å². The number of likely N-dealkylation sites (N-methyl/N-ethyl adjacent to an activating group) is 1. The molecule has 1 rings (SSSR count). The first-order valence-electron chi connectivity index (χ1n) is 5.23. The van der Waals surface area contributed by atoms with E-state index in [0.29, 0.717) is 23.4 Å². The summed E-state index contributed by atoms with van der Waals surface area (Å²) in [5, 5.41) is 0. The van der Waals surface area contributed by atoms with Gasteiger partial charge in [-0.3, -0.25) is 9.59 Å². The molecule has 0 saturated heterocycles. The summed E-state index contributed by atoms with van der Waals surface area (Å²) < 4.78 is 5.17. The maximum atomic E-state index is 11.4. The molecule has 0 radical (unpaired) electrons. The summed E-state index contributed by atoms with van der Waals surface area (Å²) in [5.74, 6) is 0.0904. The van der Waals surface area contributed by atoms with Gasteiger partial charge in [0.25, 0.3) is 5.56 Å². The van der Waals surface area contributed by atoms with Gasteiger partial charge < -0.3 is 14.6 Å². The predicted octanol–water partition coefficient (Wildman–Crippen LogP) is 0.922. The second-order valence-electron chi connectivity index (χ2n) is 3.19. The Labute approximate surface area is 107 Å². The van der Waals surface area contributed by atoms with Crippen molar-refractivity contribution in [3.63, 3.8) is 0 Å². The van der Waals surface area contributed by atoms with Gasteiger partial charge in [0.2, 0.25) is 0 Å². The molecule has 6 nitrogen and oxygen atoms in total. The summed E-state index contributed by atoms with van der Waals surface area (Å²) in [5.41, 5.74) is -0.280. The van der Waals surface area contributed by atoms with E-state index >= 15 is 0 Å². The van der Waals surface area contributed by atoms with Crippen molar-refractivity contribution in [1.29, 1.82) is 0 Å². The highest BCUT2D eigenvalue weighted by atomic mass is 79.9. The first-order chi connectivity index (χ1) is 8.10. The minimum Gasteiger partial charge on any atom is -0.465 e. The average molecular weight is 304 g/mol. The molecule has 1 N–H and O–H groups in total. The van der Waals surface area contributed by atoms with Crippen LogP contribution in [0.3, 0.4) is 0 Å². The van der Waals surface area contributed by atoms with Crippen molar-refractivity contribution >= 4 is 27.7 Å². The Bertz CT molecular complexity index is 447.